The number of anilines is 5. The number of nitrogen functional groups attached to an aromatic ring is 1. The van der Waals surface area contributed by atoms with Gasteiger partial charge in [-0.3, -0.25) is 38.1 Å². The Balaban J connectivity index is 0.840. The number of nitrogens with zero attached hydrogens (tertiary/aromatic N) is 6. The number of carbonyl (C=O) groups excluding carboxylic acids is 1. The standard InChI is InChI=1S/C48H51N9O16P2/c1-25-17-32-33(18-26(25)2)57(37(60)16-13-27-11-14-29(15-12-27)31-10-6-9-30(19-31)28-7-4-3-5-8-28)39-45(53-48(65)54-46(39)64)55(32)20-34(58)40(61)35(59)21-70-74(66,67)73-75(68,69)71-22-36-41(62)42(63)47(72-36)56-24-52-38-43(49)50-23-51-44(38)56/h3-12,14-15,17-19,23-24,34-36,40-42,47,58-59,61-63H,13,16,20-22H2,1-2H3,(H,66,67)(H,68,69)(H2,49,50,51)(H2,53,54,64,65)/t34-,35+,36+,40-,41+,42+,47+/m0/s1. The number of aryl methyl sites for hydroxylation is 3. The molecule has 27 heteroatoms. The van der Waals surface area contributed by atoms with Crippen molar-refractivity contribution in [3.63, 3.8) is 0 Å². The topological polar surface area (TPSA) is 372 Å². The largest absolute Gasteiger partial charge is 0.481 e. The Morgan fingerprint density at radius 2 is 1.45 bits per heavy atom. The first-order valence-electron chi connectivity index (χ1n) is 23.2. The van der Waals surface area contributed by atoms with Gasteiger partial charge in [0.1, 0.15) is 54.3 Å². The van der Waals surface area contributed by atoms with Crippen molar-refractivity contribution in [2.75, 3.05) is 35.3 Å². The number of aliphatic hydroxyl groups excluding tert-OH is 5. The van der Waals surface area contributed by atoms with Crippen LogP contribution < -0.4 is 26.8 Å². The summed E-state index contributed by atoms with van der Waals surface area (Å²) < 4.78 is 46.2. The Morgan fingerprint density at radius 3 is 2.16 bits per heavy atom. The number of aromatic amines is 2. The van der Waals surface area contributed by atoms with Crippen molar-refractivity contribution in [1.29, 1.82) is 0 Å². The maximum absolute atomic E-state index is 14.4. The number of imidazole rings is 1. The zero-order chi connectivity index (χ0) is 53.5. The fourth-order valence-corrected chi connectivity index (χ4v) is 10.9. The van der Waals surface area contributed by atoms with Gasteiger partial charge < -0.3 is 50.7 Å². The molecule has 7 aromatic rings. The molecule has 0 radical (unpaired) electrons. The number of hydrogen-bond donors (Lipinski definition) is 10. The fraction of sp³-hybridized carbons (Fsp3) is 0.292. The molecule has 25 nitrogen and oxygen atoms in total. The number of hydrogen-bond acceptors (Lipinski definition) is 19. The van der Waals surface area contributed by atoms with E-state index in [1.165, 1.54) is 20.7 Å². The summed E-state index contributed by atoms with van der Waals surface area (Å²) in [6, 6.07) is 29.2. The van der Waals surface area contributed by atoms with Crippen LogP contribution in [0.1, 0.15) is 29.3 Å². The number of amides is 1. The minimum Gasteiger partial charge on any atom is -0.388 e. The van der Waals surface area contributed by atoms with Crippen LogP contribution in [0.5, 0.6) is 0 Å². The maximum atomic E-state index is 14.4. The van der Waals surface area contributed by atoms with Crippen molar-refractivity contribution in [3.05, 3.63) is 141 Å². The zero-order valence-electron chi connectivity index (χ0n) is 39.9. The van der Waals surface area contributed by atoms with E-state index >= 15 is 0 Å². The number of nitrogens with one attached hydrogen (secondary N) is 2. The van der Waals surface area contributed by atoms with Crippen LogP contribution in [0, 0.1) is 13.8 Å². The fourth-order valence-electron chi connectivity index (χ4n) is 8.80. The predicted molar refractivity (Wildman–Crippen MR) is 270 cm³/mol. The summed E-state index contributed by atoms with van der Waals surface area (Å²) in [7, 11) is -11.2. The first-order chi connectivity index (χ1) is 35.7. The highest BCUT2D eigenvalue weighted by Gasteiger charge is 2.47. The van der Waals surface area contributed by atoms with Crippen molar-refractivity contribution in [1.82, 2.24) is 29.5 Å². The lowest BCUT2D eigenvalue weighted by molar-refractivity contribution is -0.117. The zero-order valence-corrected chi connectivity index (χ0v) is 41.6. The molecular weight excluding hydrogens is 1020 g/mol. The van der Waals surface area contributed by atoms with Gasteiger partial charge in [-0.1, -0.05) is 72.8 Å². The minimum absolute atomic E-state index is 0.0194. The Bertz CT molecular complexity index is 3470. The number of phosphoric ester groups is 2. The van der Waals surface area contributed by atoms with Crippen molar-refractivity contribution >= 4 is 61.4 Å². The van der Waals surface area contributed by atoms with E-state index in [1.54, 1.807) is 26.0 Å². The van der Waals surface area contributed by atoms with Gasteiger partial charge in [0.05, 0.1) is 37.5 Å². The number of ether oxygens (including phenoxy) is 1. The molecule has 1 saturated heterocycles. The second-order valence-electron chi connectivity index (χ2n) is 17.9. The number of nitrogens with two attached hydrogens (primary N) is 1. The molecule has 11 N–H and O–H groups in total. The van der Waals surface area contributed by atoms with Gasteiger partial charge in [-0.15, -0.1) is 0 Å². The van der Waals surface area contributed by atoms with Gasteiger partial charge in [-0.05, 0) is 77.4 Å². The predicted octanol–water partition coefficient (Wildman–Crippen LogP) is 3.14. The third-order valence-corrected chi connectivity index (χ3v) is 15.4. The lowest BCUT2D eigenvalue weighted by atomic mass is 9.97. The first kappa shape index (κ1) is 53.0. The van der Waals surface area contributed by atoms with Crippen molar-refractivity contribution in [2.45, 2.75) is 69.5 Å². The number of benzene rings is 4. The highest BCUT2D eigenvalue weighted by Crippen LogP contribution is 2.60. The number of aliphatic hydroxyl groups is 5. The summed E-state index contributed by atoms with van der Waals surface area (Å²) in [5.41, 5.74) is 10.6. The molecule has 0 bridgehead atoms. The molecule has 4 aromatic carbocycles. The lowest BCUT2D eigenvalue weighted by Gasteiger charge is -2.39. The number of β-amino-alcohol motifs (C(OH)–C–C–N with tert-alkyl or cyclic N) is 1. The van der Waals surface area contributed by atoms with Gasteiger partial charge in [-0.2, -0.15) is 4.31 Å². The summed E-state index contributed by atoms with van der Waals surface area (Å²) >= 11 is 0. The van der Waals surface area contributed by atoms with Crippen molar-refractivity contribution in [2.24, 2.45) is 0 Å². The van der Waals surface area contributed by atoms with Gasteiger partial charge in [0, 0.05) is 6.42 Å². The first-order valence-corrected chi connectivity index (χ1v) is 26.2. The summed E-state index contributed by atoms with van der Waals surface area (Å²) in [5, 5.41) is 54.6. The van der Waals surface area contributed by atoms with Gasteiger partial charge in [-0.25, -0.2) is 28.9 Å². The molecule has 3 aromatic heterocycles. The molecular formula is C48H51N9O16P2. The molecule has 9 rings (SSSR count). The van der Waals surface area contributed by atoms with E-state index in [2.05, 4.69) is 39.8 Å². The molecule has 5 heterocycles. The van der Waals surface area contributed by atoms with Crippen LogP contribution in [0.15, 0.2) is 113 Å². The SMILES string of the molecule is Cc1cc2c(cc1C)N(C(=O)CCc1ccc(-c3cccc(-c4ccccc4)c3)cc1)c1c([nH]c(=O)[nH]c1=O)N2C[C@H](O)[C@H](O)[C@H](O)COP(=O)(O)OP(=O)(O)OC[C@H]1O[C@@H](n2cnc3c(N)ncnc32)[C@H](O)[C@@H]1O. The van der Waals surface area contributed by atoms with Gasteiger partial charge in [0.15, 0.2) is 23.4 Å². The minimum atomic E-state index is -5.63. The summed E-state index contributed by atoms with van der Waals surface area (Å²) in [5.74, 6) is -0.738. The molecule has 9 atom stereocenters. The molecule has 75 heavy (non-hydrogen) atoms. The maximum Gasteiger partial charge on any atom is 0.481 e. The van der Waals surface area contributed by atoms with Gasteiger partial charge in [0.25, 0.3) is 5.56 Å². The number of H-pyrrole nitrogens is 2. The number of fused-ring (bicyclic) bond motifs is 3. The van der Waals surface area contributed by atoms with E-state index in [1.807, 2.05) is 72.8 Å². The quantitative estimate of drug-likeness (QED) is 0.0552. The summed E-state index contributed by atoms with van der Waals surface area (Å²) in [6.45, 7) is 0.607. The Morgan fingerprint density at radius 1 is 0.800 bits per heavy atom. The Kier molecular flexibility index (Phi) is 15.2. The average Bonchev–Trinajstić information content (AvgIpc) is 3.94. The molecule has 394 valence electrons. The number of carbonyl (C=O) groups is 1. The third kappa shape index (κ3) is 11.3. The van der Waals surface area contributed by atoms with Crippen LogP contribution in [0.3, 0.4) is 0 Å². The molecule has 0 saturated carbocycles. The molecule has 2 unspecified atom stereocenters. The second-order valence-corrected chi connectivity index (χ2v) is 20.9. The second kappa shape index (κ2) is 21.4. The molecule has 2 aliphatic heterocycles. The number of phosphoric acid groups is 2. The highest BCUT2D eigenvalue weighted by molar-refractivity contribution is 7.61. The highest BCUT2D eigenvalue weighted by atomic mass is 31.3. The molecule has 2 aliphatic rings. The van der Waals surface area contributed by atoms with Crippen molar-refractivity contribution < 1.29 is 67.3 Å². The summed E-state index contributed by atoms with van der Waals surface area (Å²) in [4.78, 5) is 80.6. The number of rotatable bonds is 18. The Labute approximate surface area is 425 Å². The van der Waals surface area contributed by atoms with E-state index in [0.717, 1.165) is 34.1 Å². The molecule has 1 fully saturated rings. The molecule has 1 amide bonds. The van der Waals surface area contributed by atoms with E-state index in [0.29, 0.717) is 11.1 Å². The summed E-state index contributed by atoms with van der Waals surface area (Å²) in [6.07, 6.45) is -10.1. The number of aromatic nitrogens is 6. The van der Waals surface area contributed by atoms with E-state index < -0.39 is 95.4 Å². The van der Waals surface area contributed by atoms with Crippen LogP contribution in [0.2, 0.25) is 0 Å². The van der Waals surface area contributed by atoms with Gasteiger partial charge in [0.2, 0.25) is 5.91 Å². The van der Waals surface area contributed by atoms with Gasteiger partial charge >= 0.3 is 21.3 Å². The molecule has 0 spiro atoms. The normalized spacial score (nSPS) is 20.2. The monoisotopic (exact) mass is 1070 g/mol. The molecule has 0 aliphatic carbocycles. The van der Waals surface area contributed by atoms with Crippen molar-refractivity contribution in [3.8, 4) is 22.3 Å². The average molecular weight is 1070 g/mol. The smallest absolute Gasteiger partial charge is 0.388 e. The Hall–Kier alpha value is -6.80. The van der Waals surface area contributed by atoms with E-state index in [-0.39, 0.29) is 52.7 Å². The van der Waals surface area contributed by atoms with Crippen LogP contribution in [-0.4, -0.2) is 127 Å². The van der Waals surface area contributed by atoms with Crippen LogP contribution >= 0.6 is 15.6 Å². The van der Waals surface area contributed by atoms with E-state index in [4.69, 9.17) is 15.0 Å². The third-order valence-electron chi connectivity index (χ3n) is 12.8. The van der Waals surface area contributed by atoms with Crippen LogP contribution in [-0.2, 0) is 38.4 Å². The van der Waals surface area contributed by atoms with Crippen LogP contribution in [0.25, 0.3) is 33.4 Å². The van der Waals surface area contributed by atoms with Crippen LogP contribution in [0.4, 0.5) is 28.7 Å². The van der Waals surface area contributed by atoms with E-state index in [9.17, 15) is 58.8 Å². The lowest BCUT2D eigenvalue weighted by Crippen LogP contribution is -2.48.